The third-order valence-electron chi connectivity index (χ3n) is 6.64. The summed E-state index contributed by atoms with van der Waals surface area (Å²) >= 11 is 0. The first-order chi connectivity index (χ1) is 18.5. The van der Waals surface area contributed by atoms with E-state index in [1.807, 2.05) is 13.8 Å². The lowest BCUT2D eigenvalue weighted by atomic mass is 9.87. The Morgan fingerprint density at radius 1 is 1.13 bits per heavy atom. The zero-order chi connectivity index (χ0) is 28.3. The van der Waals surface area contributed by atoms with Gasteiger partial charge < -0.3 is 21.1 Å². The van der Waals surface area contributed by atoms with E-state index in [9.17, 15) is 24.2 Å². The number of rotatable bonds is 9. The third kappa shape index (κ3) is 6.35. The van der Waals surface area contributed by atoms with Gasteiger partial charge in [-0.05, 0) is 54.0 Å². The van der Waals surface area contributed by atoms with E-state index in [2.05, 4.69) is 9.97 Å². The highest BCUT2D eigenvalue weighted by atomic mass is 19.1. The van der Waals surface area contributed by atoms with Gasteiger partial charge in [0.15, 0.2) is 0 Å². The molecule has 39 heavy (non-hydrogen) atoms. The molecule has 0 unspecified atom stereocenters. The number of hydrogen-bond donors (Lipinski definition) is 4. The molecule has 3 aromatic rings. The summed E-state index contributed by atoms with van der Waals surface area (Å²) in [5.41, 5.74) is 11.4. The minimum atomic E-state index is -1.20. The number of carbonyl (C=O) groups is 2. The minimum Gasteiger partial charge on any atom is -0.481 e. The number of aliphatic carboxylic acids is 1. The van der Waals surface area contributed by atoms with Crippen molar-refractivity contribution in [3.05, 3.63) is 70.7 Å². The quantitative estimate of drug-likeness (QED) is 0.324. The van der Waals surface area contributed by atoms with Gasteiger partial charge in [0.05, 0.1) is 35.7 Å². The number of aliphatic hydroxyl groups is 2. The number of aromatic nitrogens is 3. The highest BCUT2D eigenvalue weighted by Crippen LogP contribution is 2.41. The Morgan fingerprint density at radius 3 is 2.49 bits per heavy atom. The smallest absolute Gasteiger partial charge is 0.305 e. The SMILES string of the molecule is CC(C)c1nc2c(c(-c3ccc(F)cc3)c1/C=C/[C@@H](O)C[C@@H](O)CC(=O)O)CCCc1nc(C(N)=O)ncc1-2. The standard InChI is InChI=1S/C29H31FN4O5/c1-15(2)26-21(11-10-18(35)12-19(36)13-24(37)38)25(16-6-8-17(30)9-7-16)20-4-3-5-23-22(27(20)34-26)14-32-29(33-23)28(31)39/h6-11,14-15,18-19,35-36H,3-5,12-13H2,1-2H3,(H2,31,39)(H,37,38)/b11-10+/t18-,19-/m1/s1. The van der Waals surface area contributed by atoms with Crippen LogP contribution in [-0.2, 0) is 17.6 Å². The number of carboxylic acids is 1. The first kappa shape index (κ1) is 28.0. The number of pyridine rings is 1. The molecule has 0 spiro atoms. The van der Waals surface area contributed by atoms with Crippen molar-refractivity contribution in [2.24, 2.45) is 5.73 Å². The Morgan fingerprint density at radius 2 is 1.85 bits per heavy atom. The highest BCUT2D eigenvalue weighted by Gasteiger charge is 2.27. The molecule has 1 aromatic carbocycles. The van der Waals surface area contributed by atoms with E-state index in [-0.39, 0.29) is 24.0 Å². The molecule has 4 rings (SSSR count). The molecule has 2 heterocycles. The van der Waals surface area contributed by atoms with Crippen LogP contribution in [-0.4, -0.2) is 54.4 Å². The second-order valence-electron chi connectivity index (χ2n) is 9.96. The van der Waals surface area contributed by atoms with Gasteiger partial charge in [0, 0.05) is 23.7 Å². The second-order valence-corrected chi connectivity index (χ2v) is 9.96. The van der Waals surface area contributed by atoms with Crippen molar-refractivity contribution < 1.29 is 29.3 Å². The molecule has 204 valence electrons. The molecule has 2 atom stereocenters. The number of nitrogens with zero attached hydrogens (tertiary/aromatic N) is 3. The zero-order valence-electron chi connectivity index (χ0n) is 21.8. The van der Waals surface area contributed by atoms with Gasteiger partial charge in [-0.3, -0.25) is 14.6 Å². The van der Waals surface area contributed by atoms with E-state index in [0.29, 0.717) is 36.2 Å². The maximum atomic E-state index is 13.9. The molecule has 0 fully saturated rings. The van der Waals surface area contributed by atoms with Crippen molar-refractivity contribution in [3.8, 4) is 22.4 Å². The topological polar surface area (TPSA) is 160 Å². The first-order valence-electron chi connectivity index (χ1n) is 12.8. The van der Waals surface area contributed by atoms with E-state index in [1.54, 1.807) is 24.4 Å². The molecule has 0 bridgehead atoms. The summed E-state index contributed by atoms with van der Waals surface area (Å²) in [5.74, 6) is -2.35. The van der Waals surface area contributed by atoms with Gasteiger partial charge in [0.1, 0.15) is 5.82 Å². The van der Waals surface area contributed by atoms with E-state index in [1.165, 1.54) is 18.2 Å². The summed E-state index contributed by atoms with van der Waals surface area (Å²) in [4.78, 5) is 36.2. The lowest BCUT2D eigenvalue weighted by Crippen LogP contribution is -2.19. The first-order valence-corrected chi connectivity index (χ1v) is 12.8. The fourth-order valence-corrected chi connectivity index (χ4v) is 4.88. The molecule has 0 radical (unpaired) electrons. The minimum absolute atomic E-state index is 0.0543. The molecule has 10 heteroatoms. The van der Waals surface area contributed by atoms with E-state index in [4.69, 9.17) is 15.8 Å². The maximum absolute atomic E-state index is 13.9. The van der Waals surface area contributed by atoms with E-state index in [0.717, 1.165) is 27.9 Å². The molecule has 1 amide bonds. The summed E-state index contributed by atoms with van der Waals surface area (Å²) in [6.07, 6.45) is 3.82. The average molecular weight is 535 g/mol. The van der Waals surface area contributed by atoms with Crippen LogP contribution in [0.15, 0.2) is 36.5 Å². The van der Waals surface area contributed by atoms with Crippen molar-refractivity contribution in [2.75, 3.05) is 0 Å². The van der Waals surface area contributed by atoms with Gasteiger partial charge in [-0.15, -0.1) is 0 Å². The number of nitrogens with two attached hydrogens (primary N) is 1. The van der Waals surface area contributed by atoms with Crippen molar-refractivity contribution in [1.82, 2.24) is 15.0 Å². The molecular formula is C29H31FN4O5. The Balaban J connectivity index is 1.92. The van der Waals surface area contributed by atoms with Crippen LogP contribution < -0.4 is 5.73 Å². The number of carbonyl (C=O) groups excluding carboxylic acids is 1. The fourth-order valence-electron chi connectivity index (χ4n) is 4.88. The van der Waals surface area contributed by atoms with Crippen LogP contribution in [0.1, 0.15) is 72.2 Å². The Kier molecular flexibility index (Phi) is 8.47. The van der Waals surface area contributed by atoms with Gasteiger partial charge in [0.2, 0.25) is 5.82 Å². The molecule has 0 aliphatic heterocycles. The van der Waals surface area contributed by atoms with Crippen molar-refractivity contribution in [1.29, 1.82) is 0 Å². The molecule has 0 saturated carbocycles. The van der Waals surface area contributed by atoms with Gasteiger partial charge >= 0.3 is 5.97 Å². The largest absolute Gasteiger partial charge is 0.481 e. The third-order valence-corrected chi connectivity index (χ3v) is 6.64. The number of hydrogen-bond acceptors (Lipinski definition) is 7. The molecule has 5 N–H and O–H groups in total. The lowest BCUT2D eigenvalue weighted by Gasteiger charge is -2.22. The molecular weight excluding hydrogens is 503 g/mol. The molecule has 9 nitrogen and oxygen atoms in total. The number of carboxylic acid groups (broad SMARTS) is 1. The van der Waals surface area contributed by atoms with Crippen LogP contribution in [0.25, 0.3) is 28.5 Å². The number of halogens is 1. The van der Waals surface area contributed by atoms with Crippen molar-refractivity contribution >= 4 is 18.0 Å². The Labute approximate surface area is 225 Å². The number of fused-ring (bicyclic) bond motifs is 3. The van der Waals surface area contributed by atoms with Crippen LogP contribution in [0.3, 0.4) is 0 Å². The number of aliphatic hydroxyl groups excluding tert-OH is 2. The Hall–Kier alpha value is -4.02. The maximum Gasteiger partial charge on any atom is 0.305 e. The second kappa shape index (κ2) is 11.8. The van der Waals surface area contributed by atoms with Crippen molar-refractivity contribution in [3.63, 3.8) is 0 Å². The van der Waals surface area contributed by atoms with Crippen molar-refractivity contribution in [2.45, 2.75) is 64.1 Å². The lowest BCUT2D eigenvalue weighted by molar-refractivity contribution is -0.139. The van der Waals surface area contributed by atoms with Gasteiger partial charge in [-0.1, -0.05) is 38.1 Å². The van der Waals surface area contributed by atoms with Gasteiger partial charge in [-0.25, -0.2) is 14.4 Å². The Bertz CT molecular complexity index is 1420. The monoisotopic (exact) mass is 534 g/mol. The van der Waals surface area contributed by atoms with Crippen LogP contribution in [0, 0.1) is 5.82 Å². The summed E-state index contributed by atoms with van der Waals surface area (Å²) in [6.45, 7) is 3.97. The number of benzene rings is 1. The number of aryl methyl sites for hydroxylation is 1. The van der Waals surface area contributed by atoms with E-state index >= 15 is 0 Å². The molecule has 0 saturated heterocycles. The number of primary amides is 1. The van der Waals surface area contributed by atoms with Gasteiger partial charge in [0.25, 0.3) is 5.91 Å². The van der Waals surface area contributed by atoms with Crippen LogP contribution in [0.5, 0.6) is 0 Å². The van der Waals surface area contributed by atoms with Crippen LogP contribution in [0.4, 0.5) is 4.39 Å². The number of amides is 1. The zero-order valence-corrected chi connectivity index (χ0v) is 21.8. The summed E-state index contributed by atoms with van der Waals surface area (Å²) in [6, 6.07) is 6.15. The van der Waals surface area contributed by atoms with Gasteiger partial charge in [-0.2, -0.15) is 0 Å². The fraction of sp³-hybridized carbons (Fsp3) is 0.345. The molecule has 2 aromatic heterocycles. The molecule has 1 aliphatic carbocycles. The predicted molar refractivity (Wildman–Crippen MR) is 143 cm³/mol. The summed E-state index contributed by atoms with van der Waals surface area (Å²) in [5, 5.41) is 29.4. The van der Waals surface area contributed by atoms with Crippen LogP contribution in [0.2, 0.25) is 0 Å². The predicted octanol–water partition coefficient (Wildman–Crippen LogP) is 3.66. The summed E-state index contributed by atoms with van der Waals surface area (Å²) < 4.78 is 13.9. The van der Waals surface area contributed by atoms with Crippen LogP contribution >= 0.6 is 0 Å². The molecule has 1 aliphatic rings. The average Bonchev–Trinajstić information content (AvgIpc) is 3.05. The summed E-state index contributed by atoms with van der Waals surface area (Å²) in [7, 11) is 0. The highest BCUT2D eigenvalue weighted by molar-refractivity contribution is 5.90. The normalized spacial score (nSPS) is 14.5. The van der Waals surface area contributed by atoms with E-state index < -0.39 is 30.5 Å².